The fourth-order valence-corrected chi connectivity index (χ4v) is 15.0. The molecule has 10 aromatic rings. The molecule has 3 saturated heterocycles. The molecule has 22 nitrogen and oxygen atoms in total. The van der Waals surface area contributed by atoms with E-state index >= 15 is 0 Å². The third-order valence-electron chi connectivity index (χ3n) is 21.4. The molecule has 0 radical (unpaired) electrons. The fraction of sp³-hybridized carbons (Fsp3) is 0.372. The molecule has 100 heavy (non-hydrogen) atoms. The maximum absolute atomic E-state index is 12.9. The molecule has 516 valence electrons. The summed E-state index contributed by atoms with van der Waals surface area (Å²) in [5.74, 6) is 2.12. The number of amides is 3. The van der Waals surface area contributed by atoms with Crippen LogP contribution in [0.4, 0.5) is 51.6 Å². The van der Waals surface area contributed by atoms with Crippen molar-refractivity contribution >= 4 is 80.3 Å². The SMILES string of the molecule is Cn1ccc2c(-c3cnc(Nc4ccc(N5CCC[C@](C)(C(C)(C)O)C5)cc4)c4c3CNC4=O)ccnc21.Cn1cncc1-c1cnc(Nc2ccc(N3CCCCC3)cc2)c2c1CNC2=O.Cn1cncc1-c1cnc(Nc2ccc(N3CCC[C@@H](C(C)(C)C)C3)cc2)c2c1CNC2=O. The van der Waals surface area contributed by atoms with Gasteiger partial charge in [-0.2, -0.15) is 0 Å². The number of benzene rings is 3. The second kappa shape index (κ2) is 27.3. The normalized spacial score (nSPS) is 18.0. The maximum atomic E-state index is 12.9. The summed E-state index contributed by atoms with van der Waals surface area (Å²) in [6, 6.07) is 29.1. The number of imidazole rings is 2. The number of carbonyl (C=O) groups excluding carboxylic acids is 3. The molecular weight excluding hydrogens is 1250 g/mol. The van der Waals surface area contributed by atoms with Gasteiger partial charge in [0.05, 0.1) is 58.7 Å². The maximum Gasteiger partial charge on any atom is 0.255 e. The summed E-state index contributed by atoms with van der Waals surface area (Å²) in [6.45, 7) is 20.7. The highest BCUT2D eigenvalue weighted by molar-refractivity contribution is 6.08. The van der Waals surface area contributed by atoms with E-state index in [2.05, 4.69) is 166 Å². The Morgan fingerprint density at radius 2 is 0.950 bits per heavy atom. The van der Waals surface area contributed by atoms with Crippen LogP contribution >= 0.6 is 0 Å². The molecular formula is C78H90N18O4. The van der Waals surface area contributed by atoms with Gasteiger partial charge in [0.15, 0.2) is 0 Å². The fourth-order valence-electron chi connectivity index (χ4n) is 15.0. The molecule has 0 bridgehead atoms. The molecule has 3 fully saturated rings. The van der Waals surface area contributed by atoms with Gasteiger partial charge in [-0.3, -0.25) is 14.4 Å². The standard InChI is InChI=1S/C30H34N6O2.C26H32N6O.C22H24N6O/c1-29(2,38)30(3)12-5-14-36(18-30)20-8-6-19(7-9-20)34-26-25-24(17-33-28(25)37)23(16-32-26)21-10-13-31-27-22(21)11-15-35(27)4;1-26(2,3)17-6-5-11-32(15-17)19-9-7-18(8-10-19)30-24-23-21(13-29-25(23)33)20(12-28-24)22-14-27-16-31(22)4;1-27-14-23-13-19(27)17-11-24-21(20-18(17)12-25-22(20)29)26-15-5-7-16(8-6-15)28-9-3-2-4-10-28/h6-11,13,15-16,38H,5,12,14,17-18H2,1-4H3,(H,32,34)(H,33,37);7-10,12,14,16-17H,5-6,11,13,15H2,1-4H3,(H,28,30)(H,29,33);5-8,11,13-14H,2-4,9-10,12H2,1H3,(H,24,26)(H,25,29)/t30-;17-;/m01./s1. The predicted octanol–water partition coefficient (Wildman–Crippen LogP) is 13.2. The van der Waals surface area contributed by atoms with Gasteiger partial charge in [0.25, 0.3) is 17.7 Å². The van der Waals surface area contributed by atoms with E-state index < -0.39 is 5.60 Å². The van der Waals surface area contributed by atoms with Crippen LogP contribution in [0.2, 0.25) is 0 Å². The van der Waals surface area contributed by atoms with Gasteiger partial charge in [-0.15, -0.1) is 0 Å². The first-order chi connectivity index (χ1) is 48.2. The molecule has 16 rings (SSSR count). The van der Waals surface area contributed by atoms with Crippen molar-refractivity contribution in [2.24, 2.45) is 37.9 Å². The Balaban J connectivity index is 0.000000129. The third-order valence-corrected chi connectivity index (χ3v) is 21.4. The van der Waals surface area contributed by atoms with Crippen molar-refractivity contribution in [3.05, 3.63) is 174 Å². The second-order valence-corrected chi connectivity index (χ2v) is 29.3. The number of nitrogens with zero attached hydrogens (tertiary/aromatic N) is 12. The smallest absolute Gasteiger partial charge is 0.255 e. The molecule has 6 aliphatic heterocycles. The Labute approximate surface area is 584 Å². The van der Waals surface area contributed by atoms with E-state index in [4.69, 9.17) is 4.98 Å². The number of piperidine rings is 3. The lowest BCUT2D eigenvalue weighted by Crippen LogP contribution is -2.52. The summed E-state index contributed by atoms with van der Waals surface area (Å²) in [5, 5.41) is 30.7. The molecule has 13 heterocycles. The molecule has 7 N–H and O–H groups in total. The quantitative estimate of drug-likeness (QED) is 0.0567. The van der Waals surface area contributed by atoms with E-state index in [1.807, 2.05) is 91.7 Å². The Bertz CT molecular complexity index is 4690. The first-order valence-corrected chi connectivity index (χ1v) is 35.0. The highest BCUT2D eigenvalue weighted by Gasteiger charge is 2.43. The van der Waals surface area contributed by atoms with Gasteiger partial charge in [0, 0.05) is 173 Å². The van der Waals surface area contributed by atoms with E-state index in [0.29, 0.717) is 65.1 Å². The number of anilines is 9. The van der Waals surface area contributed by atoms with Gasteiger partial charge in [0.1, 0.15) is 23.1 Å². The van der Waals surface area contributed by atoms with Crippen LogP contribution in [0.15, 0.2) is 141 Å². The van der Waals surface area contributed by atoms with Crippen LogP contribution in [0.5, 0.6) is 0 Å². The zero-order valence-corrected chi connectivity index (χ0v) is 58.7. The Morgan fingerprint density at radius 1 is 0.500 bits per heavy atom. The minimum atomic E-state index is -0.742. The van der Waals surface area contributed by atoms with Gasteiger partial charge < -0.3 is 65.4 Å². The van der Waals surface area contributed by atoms with E-state index in [0.717, 1.165) is 136 Å². The van der Waals surface area contributed by atoms with Crippen LogP contribution in [-0.4, -0.2) is 111 Å². The van der Waals surface area contributed by atoms with Crippen molar-refractivity contribution < 1.29 is 19.5 Å². The number of fused-ring (bicyclic) bond motifs is 4. The average molecular weight is 1340 g/mol. The Kier molecular flexibility index (Phi) is 18.2. The number of nitrogens with one attached hydrogen (secondary N) is 6. The van der Waals surface area contributed by atoms with Crippen LogP contribution in [0.1, 0.15) is 134 Å². The molecule has 6 aliphatic rings. The van der Waals surface area contributed by atoms with Gasteiger partial charge in [0.2, 0.25) is 0 Å². The molecule has 3 amide bonds. The van der Waals surface area contributed by atoms with E-state index in [1.54, 1.807) is 31.2 Å². The number of rotatable bonds is 13. The number of aliphatic hydroxyl groups is 1. The first kappa shape index (κ1) is 66.6. The van der Waals surface area contributed by atoms with Crippen LogP contribution < -0.4 is 46.6 Å². The summed E-state index contributed by atoms with van der Waals surface area (Å²) >= 11 is 0. The molecule has 0 spiro atoms. The summed E-state index contributed by atoms with van der Waals surface area (Å²) in [6.07, 6.45) is 24.8. The summed E-state index contributed by atoms with van der Waals surface area (Å²) in [5.41, 5.74) is 17.1. The van der Waals surface area contributed by atoms with Gasteiger partial charge in [-0.25, -0.2) is 29.9 Å². The zero-order valence-electron chi connectivity index (χ0n) is 58.7. The molecule has 7 aromatic heterocycles. The molecule has 2 atom stereocenters. The second-order valence-electron chi connectivity index (χ2n) is 29.3. The summed E-state index contributed by atoms with van der Waals surface area (Å²) in [4.78, 5) is 72.1. The van der Waals surface area contributed by atoms with Crippen molar-refractivity contribution in [1.29, 1.82) is 0 Å². The van der Waals surface area contributed by atoms with Crippen LogP contribution in [0, 0.1) is 16.7 Å². The van der Waals surface area contributed by atoms with Crippen LogP contribution in [0.25, 0.3) is 44.7 Å². The number of carbonyl (C=O) groups is 3. The van der Waals surface area contributed by atoms with E-state index in [9.17, 15) is 19.5 Å². The largest absolute Gasteiger partial charge is 0.390 e. The third kappa shape index (κ3) is 13.3. The van der Waals surface area contributed by atoms with Crippen molar-refractivity contribution in [3.8, 4) is 33.6 Å². The van der Waals surface area contributed by atoms with Crippen molar-refractivity contribution in [2.75, 3.05) is 69.9 Å². The Morgan fingerprint density at radius 3 is 1.42 bits per heavy atom. The molecule has 22 heteroatoms. The topological polar surface area (TPSA) is 245 Å². The lowest BCUT2D eigenvalue weighted by molar-refractivity contribution is -0.0522. The van der Waals surface area contributed by atoms with Crippen molar-refractivity contribution in [3.63, 3.8) is 0 Å². The van der Waals surface area contributed by atoms with Crippen molar-refractivity contribution in [2.45, 2.75) is 112 Å². The van der Waals surface area contributed by atoms with Crippen molar-refractivity contribution in [1.82, 2.24) is 59.6 Å². The Hall–Kier alpha value is -10.6. The van der Waals surface area contributed by atoms with Crippen LogP contribution in [-0.2, 0) is 40.8 Å². The zero-order chi connectivity index (χ0) is 69.6. The lowest BCUT2D eigenvalue weighted by atomic mass is 9.70. The number of pyridine rings is 4. The minimum Gasteiger partial charge on any atom is -0.390 e. The first-order valence-electron chi connectivity index (χ1n) is 35.0. The molecule has 0 aliphatic carbocycles. The molecule has 0 unspecified atom stereocenters. The average Bonchev–Trinajstić information content (AvgIpc) is 1.59. The number of aryl methyl sites for hydroxylation is 3. The monoisotopic (exact) mass is 1340 g/mol. The number of hydrogen-bond donors (Lipinski definition) is 7. The van der Waals surface area contributed by atoms with Crippen LogP contribution in [0.3, 0.4) is 0 Å². The van der Waals surface area contributed by atoms with Gasteiger partial charge in [-0.05, 0) is 177 Å². The highest BCUT2D eigenvalue weighted by Crippen LogP contribution is 2.43. The summed E-state index contributed by atoms with van der Waals surface area (Å²) in [7, 11) is 5.86. The molecule has 3 aromatic carbocycles. The highest BCUT2D eigenvalue weighted by atomic mass is 16.3. The summed E-state index contributed by atoms with van der Waals surface area (Å²) < 4.78 is 5.87. The van der Waals surface area contributed by atoms with Gasteiger partial charge in [-0.1, -0.05) is 27.7 Å². The number of aromatic nitrogens is 9. The van der Waals surface area contributed by atoms with E-state index in [1.165, 1.54) is 43.5 Å². The minimum absolute atomic E-state index is 0.0936. The van der Waals surface area contributed by atoms with Gasteiger partial charge >= 0.3 is 0 Å². The molecule has 0 saturated carbocycles. The number of hydrogen-bond acceptors (Lipinski definition) is 16. The van der Waals surface area contributed by atoms with E-state index in [-0.39, 0.29) is 23.1 Å². The predicted molar refractivity (Wildman–Crippen MR) is 396 cm³/mol. The lowest BCUT2D eigenvalue weighted by Gasteiger charge is -2.48.